The van der Waals surface area contributed by atoms with Gasteiger partial charge >= 0.3 is 6.18 Å². The molecule has 34 heavy (non-hydrogen) atoms. The molecule has 1 N–H and O–H groups in total. The highest BCUT2D eigenvalue weighted by Crippen LogP contribution is 2.47. The Labute approximate surface area is 201 Å². The van der Waals surface area contributed by atoms with E-state index in [0.717, 1.165) is 57.3 Å². The zero-order valence-corrected chi connectivity index (χ0v) is 20.7. The minimum atomic E-state index is -4.31. The van der Waals surface area contributed by atoms with Crippen molar-refractivity contribution in [2.45, 2.75) is 83.5 Å². The van der Waals surface area contributed by atoms with Gasteiger partial charge in [-0.05, 0) is 74.0 Å². The minimum Gasteiger partial charge on any atom is -0.381 e. The number of hydrogen-bond acceptors (Lipinski definition) is 3. The highest BCUT2D eigenvalue weighted by Gasteiger charge is 2.50. The first-order chi connectivity index (χ1) is 16.1. The van der Waals surface area contributed by atoms with Crippen molar-refractivity contribution < 1.29 is 22.7 Å². The van der Waals surface area contributed by atoms with E-state index in [1.54, 1.807) is 12.1 Å². The molecular formula is C27H39F3N2O2. The van der Waals surface area contributed by atoms with Gasteiger partial charge in [0.2, 0.25) is 5.91 Å². The van der Waals surface area contributed by atoms with Crippen LogP contribution in [0.5, 0.6) is 0 Å². The van der Waals surface area contributed by atoms with Gasteiger partial charge in [-0.25, -0.2) is 0 Å². The quantitative estimate of drug-likeness (QED) is 0.595. The fourth-order valence-electron chi connectivity index (χ4n) is 6.29. The van der Waals surface area contributed by atoms with Crippen molar-refractivity contribution in [1.29, 1.82) is 0 Å². The summed E-state index contributed by atoms with van der Waals surface area (Å²) in [6.45, 7) is 9.53. The van der Waals surface area contributed by atoms with Gasteiger partial charge in [0.25, 0.3) is 0 Å². The van der Waals surface area contributed by atoms with Gasteiger partial charge in [0.05, 0.1) is 17.6 Å². The lowest BCUT2D eigenvalue weighted by molar-refractivity contribution is -0.146. The standard InChI is InChI=1S/C27H39F3N2O2/c1-18(2)26(12-8-23(16-26)31-24-11-15-34-17-19(24)3)25(33)32-13-9-21(10-14-32)20-4-6-22(7-5-20)27(28,29)30/h4-7,18-19,21,23-24,31H,8-17H2,1-3H3/t19?,23-,24?,26+/m1/s1. The fourth-order valence-corrected chi connectivity index (χ4v) is 6.29. The molecule has 4 atom stereocenters. The molecule has 4 nitrogen and oxygen atoms in total. The third kappa shape index (κ3) is 5.30. The molecule has 4 rings (SSSR count). The van der Waals surface area contributed by atoms with Crippen molar-refractivity contribution in [3.63, 3.8) is 0 Å². The van der Waals surface area contributed by atoms with Crippen LogP contribution < -0.4 is 5.32 Å². The molecule has 2 aliphatic heterocycles. The van der Waals surface area contributed by atoms with Crippen LogP contribution in [0.1, 0.15) is 76.3 Å². The lowest BCUT2D eigenvalue weighted by Crippen LogP contribution is -2.50. The minimum absolute atomic E-state index is 0.203. The second-order valence-electron chi connectivity index (χ2n) is 11.1. The molecule has 2 heterocycles. The summed E-state index contributed by atoms with van der Waals surface area (Å²) in [5.41, 5.74) is 0.00412. The van der Waals surface area contributed by atoms with Crippen LogP contribution in [-0.2, 0) is 15.7 Å². The molecular weight excluding hydrogens is 441 g/mol. The Morgan fingerprint density at radius 3 is 2.38 bits per heavy atom. The Morgan fingerprint density at radius 2 is 1.79 bits per heavy atom. The normalized spacial score (nSPS) is 31.3. The van der Waals surface area contributed by atoms with Crippen molar-refractivity contribution in [3.8, 4) is 0 Å². The van der Waals surface area contributed by atoms with Gasteiger partial charge < -0.3 is 15.0 Å². The number of amides is 1. The van der Waals surface area contributed by atoms with Crippen LogP contribution >= 0.6 is 0 Å². The van der Waals surface area contributed by atoms with E-state index in [9.17, 15) is 18.0 Å². The van der Waals surface area contributed by atoms with E-state index in [1.807, 2.05) is 4.90 Å². The number of carbonyl (C=O) groups is 1. The highest BCUT2D eigenvalue weighted by atomic mass is 19.4. The summed E-state index contributed by atoms with van der Waals surface area (Å²) in [5, 5.41) is 3.85. The maximum atomic E-state index is 13.8. The largest absolute Gasteiger partial charge is 0.416 e. The molecule has 1 saturated carbocycles. The Kier molecular flexibility index (Phi) is 7.63. The molecule has 1 aromatic rings. The SMILES string of the molecule is CC1COCCC1N[C@@H]1CC[C@@](C(=O)N2CCC(c3ccc(C(F)(F)F)cc3)CC2)(C(C)C)C1. The number of carbonyl (C=O) groups excluding carboxylic acids is 1. The van der Waals surface area contributed by atoms with Crippen molar-refractivity contribution in [3.05, 3.63) is 35.4 Å². The summed E-state index contributed by atoms with van der Waals surface area (Å²) in [5.74, 6) is 1.24. The van der Waals surface area contributed by atoms with Gasteiger partial charge in [0.15, 0.2) is 0 Å². The molecule has 3 fully saturated rings. The molecule has 1 amide bonds. The number of ether oxygens (including phenoxy) is 1. The number of likely N-dealkylation sites (tertiary alicyclic amines) is 1. The average Bonchev–Trinajstić information content (AvgIpc) is 3.25. The summed E-state index contributed by atoms with van der Waals surface area (Å²) in [4.78, 5) is 15.8. The highest BCUT2D eigenvalue weighted by molar-refractivity contribution is 5.83. The Morgan fingerprint density at radius 1 is 1.12 bits per heavy atom. The van der Waals surface area contributed by atoms with Gasteiger partial charge in [0, 0.05) is 31.8 Å². The van der Waals surface area contributed by atoms with E-state index in [1.165, 1.54) is 12.1 Å². The molecule has 7 heteroatoms. The predicted molar refractivity (Wildman–Crippen MR) is 126 cm³/mol. The van der Waals surface area contributed by atoms with E-state index in [4.69, 9.17) is 4.74 Å². The molecule has 190 valence electrons. The monoisotopic (exact) mass is 480 g/mol. The first-order valence-electron chi connectivity index (χ1n) is 12.9. The molecule has 0 radical (unpaired) electrons. The molecule has 2 unspecified atom stereocenters. The maximum Gasteiger partial charge on any atom is 0.416 e. The zero-order valence-electron chi connectivity index (χ0n) is 20.7. The molecule has 3 aliphatic rings. The smallest absolute Gasteiger partial charge is 0.381 e. The second-order valence-corrected chi connectivity index (χ2v) is 11.1. The second kappa shape index (κ2) is 10.2. The number of rotatable bonds is 5. The fraction of sp³-hybridized carbons (Fsp3) is 0.741. The van der Waals surface area contributed by atoms with Crippen LogP contribution in [-0.4, -0.2) is 49.2 Å². The summed E-state index contributed by atoms with van der Waals surface area (Å²) >= 11 is 0. The van der Waals surface area contributed by atoms with Crippen molar-refractivity contribution in [2.75, 3.05) is 26.3 Å². The van der Waals surface area contributed by atoms with Crippen molar-refractivity contribution in [1.82, 2.24) is 10.2 Å². The number of nitrogens with zero attached hydrogens (tertiary/aromatic N) is 1. The Bertz CT molecular complexity index is 833. The number of piperidine rings is 1. The summed E-state index contributed by atoms with van der Waals surface area (Å²) in [6, 6.07) is 6.37. The first kappa shape index (κ1) is 25.5. The lowest BCUT2D eigenvalue weighted by Gasteiger charge is -2.41. The average molecular weight is 481 g/mol. The summed E-state index contributed by atoms with van der Waals surface area (Å²) < 4.78 is 44.2. The van der Waals surface area contributed by atoms with Gasteiger partial charge in [-0.15, -0.1) is 0 Å². The lowest BCUT2D eigenvalue weighted by atomic mass is 9.73. The van der Waals surface area contributed by atoms with E-state index in [2.05, 4.69) is 26.1 Å². The third-order valence-corrected chi connectivity index (χ3v) is 8.66. The number of hydrogen-bond donors (Lipinski definition) is 1. The van der Waals surface area contributed by atoms with Gasteiger partial charge in [-0.3, -0.25) is 4.79 Å². The van der Waals surface area contributed by atoms with E-state index < -0.39 is 11.7 Å². The van der Waals surface area contributed by atoms with E-state index >= 15 is 0 Å². The number of alkyl halides is 3. The van der Waals surface area contributed by atoms with Crippen LogP contribution in [0.4, 0.5) is 13.2 Å². The van der Waals surface area contributed by atoms with Gasteiger partial charge in [-0.1, -0.05) is 32.9 Å². The first-order valence-corrected chi connectivity index (χ1v) is 12.9. The molecule has 2 saturated heterocycles. The van der Waals surface area contributed by atoms with Crippen LogP contribution in [0.2, 0.25) is 0 Å². The zero-order chi connectivity index (χ0) is 24.5. The Balaban J connectivity index is 1.36. The molecule has 1 aliphatic carbocycles. The summed E-state index contributed by atoms with van der Waals surface area (Å²) in [7, 11) is 0. The molecule has 1 aromatic carbocycles. The van der Waals surface area contributed by atoms with Crippen LogP contribution in [0.3, 0.4) is 0 Å². The van der Waals surface area contributed by atoms with Crippen LogP contribution in [0.15, 0.2) is 24.3 Å². The third-order valence-electron chi connectivity index (χ3n) is 8.66. The molecule has 0 spiro atoms. The van der Waals surface area contributed by atoms with Gasteiger partial charge in [-0.2, -0.15) is 13.2 Å². The van der Waals surface area contributed by atoms with Crippen LogP contribution in [0, 0.1) is 17.3 Å². The number of benzene rings is 1. The van der Waals surface area contributed by atoms with Crippen molar-refractivity contribution >= 4 is 5.91 Å². The Hall–Kier alpha value is -1.60. The van der Waals surface area contributed by atoms with Gasteiger partial charge in [0.1, 0.15) is 0 Å². The van der Waals surface area contributed by atoms with E-state index in [0.29, 0.717) is 31.1 Å². The molecule has 0 aromatic heterocycles. The predicted octanol–water partition coefficient (Wildman–Crippen LogP) is 5.62. The topological polar surface area (TPSA) is 41.6 Å². The summed E-state index contributed by atoms with van der Waals surface area (Å²) in [6.07, 6.45) is 1.13. The maximum absolute atomic E-state index is 13.8. The number of halogens is 3. The number of nitrogens with one attached hydrogen (secondary N) is 1. The van der Waals surface area contributed by atoms with Crippen molar-refractivity contribution in [2.24, 2.45) is 17.3 Å². The molecule has 0 bridgehead atoms. The van der Waals surface area contributed by atoms with E-state index in [-0.39, 0.29) is 23.2 Å². The van der Waals surface area contributed by atoms with Crippen LogP contribution in [0.25, 0.3) is 0 Å².